The van der Waals surface area contributed by atoms with E-state index in [0.717, 1.165) is 19.6 Å². The molecule has 1 saturated heterocycles. The highest BCUT2D eigenvalue weighted by atomic mass is 32.2. The van der Waals surface area contributed by atoms with Crippen molar-refractivity contribution in [1.82, 2.24) is 15.5 Å². The number of nitrogen functional groups attached to an aromatic ring is 1. The highest BCUT2D eigenvalue weighted by Gasteiger charge is 2.49. The van der Waals surface area contributed by atoms with Gasteiger partial charge in [0.2, 0.25) is 11.8 Å². The van der Waals surface area contributed by atoms with E-state index in [1.165, 1.54) is 30.2 Å². The van der Waals surface area contributed by atoms with Crippen molar-refractivity contribution in [2.75, 3.05) is 26.8 Å². The lowest BCUT2D eigenvalue weighted by Crippen LogP contribution is -2.49. The molecule has 1 fully saturated rings. The van der Waals surface area contributed by atoms with Crippen molar-refractivity contribution in [2.24, 2.45) is 5.73 Å². The molecule has 0 aliphatic carbocycles. The topological polar surface area (TPSA) is 147 Å². The van der Waals surface area contributed by atoms with Crippen molar-refractivity contribution >= 4 is 46.7 Å². The number of hydrogen-bond donors (Lipinski definition) is 4. The van der Waals surface area contributed by atoms with E-state index in [0.29, 0.717) is 22.6 Å². The van der Waals surface area contributed by atoms with Crippen molar-refractivity contribution in [1.29, 1.82) is 5.41 Å². The average Bonchev–Trinajstić information content (AvgIpc) is 3.60. The van der Waals surface area contributed by atoms with Gasteiger partial charge in [0, 0.05) is 34.9 Å². The first kappa shape index (κ1) is 29.5. The number of hydrogen-bond acceptors (Lipinski definition) is 8. The number of amidine groups is 1. The minimum Gasteiger partial charge on any atom is -0.455 e. The Labute approximate surface area is 250 Å². The summed E-state index contributed by atoms with van der Waals surface area (Å²) in [6.45, 7) is 0.695. The Morgan fingerprint density at radius 2 is 1.95 bits per heavy atom. The summed E-state index contributed by atoms with van der Waals surface area (Å²) in [6, 6.07) is 12.8. The van der Waals surface area contributed by atoms with E-state index in [4.69, 9.17) is 20.6 Å². The van der Waals surface area contributed by atoms with Crippen LogP contribution in [0.5, 0.6) is 11.5 Å². The van der Waals surface area contributed by atoms with E-state index in [9.17, 15) is 14.4 Å². The standard InChI is InChI=1S/C29H30FN5O5S2/c1-16(24-10-18(13-41-24)26(31)32)34-28(38)19-11-29(30,15-39-2)14-35(19)25(36)12-33-27(37)17-7-8-23-21(9-17)40-20-5-3-4-6-22(20)42-23/h3-10,13,16,19H,11-12,14-15H2,1-2H3,(H3,31,32)(H,33,37)(H,34,38)/t16-,19+,29-/m1/s1. The van der Waals surface area contributed by atoms with Crippen LogP contribution in [0.3, 0.4) is 0 Å². The molecule has 2 aliphatic rings. The van der Waals surface area contributed by atoms with E-state index in [1.807, 2.05) is 24.3 Å². The maximum Gasteiger partial charge on any atom is 0.251 e. The summed E-state index contributed by atoms with van der Waals surface area (Å²) in [6.07, 6.45) is -0.247. The second kappa shape index (κ2) is 12.1. The van der Waals surface area contributed by atoms with Crippen LogP contribution in [0, 0.1) is 5.41 Å². The molecular formula is C29H30FN5O5S2. The van der Waals surface area contributed by atoms with Gasteiger partial charge in [-0.2, -0.15) is 0 Å². The Kier molecular flexibility index (Phi) is 8.53. The molecule has 0 radical (unpaired) electrons. The fourth-order valence-corrected chi connectivity index (χ4v) is 6.77. The summed E-state index contributed by atoms with van der Waals surface area (Å²) >= 11 is 2.87. The number of alkyl halides is 1. The van der Waals surface area contributed by atoms with Gasteiger partial charge in [0.1, 0.15) is 23.4 Å². The maximum atomic E-state index is 15.6. The number of nitrogens with one attached hydrogen (secondary N) is 3. The van der Waals surface area contributed by atoms with Crippen LogP contribution in [0.15, 0.2) is 63.7 Å². The predicted molar refractivity (Wildman–Crippen MR) is 157 cm³/mol. The molecule has 2 aliphatic heterocycles. The quantitative estimate of drug-likeness (QED) is 0.166. The minimum atomic E-state index is -1.92. The molecule has 0 saturated carbocycles. The number of benzene rings is 2. The first-order valence-electron chi connectivity index (χ1n) is 13.1. The third-order valence-corrected chi connectivity index (χ3v) is 9.26. The van der Waals surface area contributed by atoms with Crippen molar-refractivity contribution in [3.8, 4) is 11.5 Å². The monoisotopic (exact) mass is 611 g/mol. The molecule has 10 nitrogen and oxygen atoms in total. The van der Waals surface area contributed by atoms with Crippen LogP contribution < -0.4 is 21.1 Å². The van der Waals surface area contributed by atoms with E-state index in [2.05, 4.69) is 10.6 Å². The van der Waals surface area contributed by atoms with Gasteiger partial charge in [0.05, 0.1) is 35.5 Å². The lowest BCUT2D eigenvalue weighted by molar-refractivity contribution is -0.138. The van der Waals surface area contributed by atoms with Crippen LogP contribution >= 0.6 is 23.1 Å². The fourth-order valence-electron chi connectivity index (χ4n) is 4.93. The Bertz CT molecular complexity index is 1550. The van der Waals surface area contributed by atoms with E-state index in [1.54, 1.807) is 36.6 Å². The number of halogens is 1. The Morgan fingerprint density at radius 3 is 2.69 bits per heavy atom. The molecular weight excluding hydrogens is 581 g/mol. The summed E-state index contributed by atoms with van der Waals surface area (Å²) in [5, 5.41) is 14.7. The zero-order valence-electron chi connectivity index (χ0n) is 22.9. The van der Waals surface area contributed by atoms with Crippen molar-refractivity contribution in [3.05, 3.63) is 69.9 Å². The molecule has 3 atom stereocenters. The summed E-state index contributed by atoms with van der Waals surface area (Å²) < 4.78 is 26.6. The second-order valence-electron chi connectivity index (χ2n) is 10.2. The molecule has 1 aromatic heterocycles. The highest BCUT2D eigenvalue weighted by molar-refractivity contribution is 7.99. The van der Waals surface area contributed by atoms with Gasteiger partial charge >= 0.3 is 0 Å². The third kappa shape index (κ3) is 6.27. The molecule has 3 amide bonds. The molecule has 13 heteroatoms. The predicted octanol–water partition coefficient (Wildman–Crippen LogP) is 3.85. The van der Waals surface area contributed by atoms with Gasteiger partial charge < -0.3 is 30.7 Å². The Balaban J connectivity index is 1.24. The van der Waals surface area contributed by atoms with Gasteiger partial charge in [-0.3, -0.25) is 19.8 Å². The number of carbonyl (C=O) groups is 3. The van der Waals surface area contributed by atoms with Gasteiger partial charge in [-0.15, -0.1) is 11.3 Å². The van der Waals surface area contributed by atoms with Crippen molar-refractivity contribution in [2.45, 2.75) is 40.9 Å². The normalized spacial score (nSPS) is 19.7. The largest absolute Gasteiger partial charge is 0.455 e. The van der Waals surface area contributed by atoms with Crippen LogP contribution in [0.4, 0.5) is 4.39 Å². The number of rotatable bonds is 9. The van der Waals surface area contributed by atoms with Crippen molar-refractivity contribution in [3.63, 3.8) is 0 Å². The molecule has 220 valence electrons. The maximum absolute atomic E-state index is 15.6. The lowest BCUT2D eigenvalue weighted by Gasteiger charge is -2.25. The number of amides is 3. The molecule has 3 heterocycles. The summed E-state index contributed by atoms with van der Waals surface area (Å²) in [5.41, 5.74) is 4.46. The third-order valence-electron chi connectivity index (χ3n) is 7.03. The van der Waals surface area contributed by atoms with Gasteiger partial charge in [0.25, 0.3) is 5.91 Å². The number of likely N-dealkylation sites (tertiary alicyclic amines) is 1. The second-order valence-corrected chi connectivity index (χ2v) is 12.2. The van der Waals surface area contributed by atoms with Crippen LogP contribution in [0.2, 0.25) is 0 Å². The zero-order valence-corrected chi connectivity index (χ0v) is 24.6. The number of fused-ring (bicyclic) bond motifs is 2. The molecule has 0 unspecified atom stereocenters. The molecule has 3 aromatic rings. The van der Waals surface area contributed by atoms with E-state index < -0.39 is 42.0 Å². The van der Waals surface area contributed by atoms with E-state index in [-0.39, 0.29) is 25.4 Å². The van der Waals surface area contributed by atoms with Crippen LogP contribution in [0.1, 0.15) is 40.2 Å². The molecule has 0 spiro atoms. The number of nitrogens with two attached hydrogens (primary N) is 1. The van der Waals surface area contributed by atoms with Gasteiger partial charge in [0.15, 0.2) is 5.67 Å². The number of ether oxygens (including phenoxy) is 2. The SMILES string of the molecule is COC[C@@]1(F)C[C@@H](C(=O)N[C@H](C)c2cc(C(=N)N)cs2)N(C(=O)CNC(=O)c2ccc3c(c2)Oc2ccccc2S3)C1. The molecule has 5 N–H and O–H groups in total. The molecule has 42 heavy (non-hydrogen) atoms. The first-order valence-corrected chi connectivity index (χ1v) is 14.8. The first-order chi connectivity index (χ1) is 20.1. The summed E-state index contributed by atoms with van der Waals surface area (Å²) in [4.78, 5) is 43.2. The van der Waals surface area contributed by atoms with Crippen LogP contribution in [-0.4, -0.2) is 67.0 Å². The number of para-hydroxylation sites is 1. The molecule has 0 bridgehead atoms. The smallest absolute Gasteiger partial charge is 0.251 e. The van der Waals surface area contributed by atoms with Gasteiger partial charge in [-0.25, -0.2) is 4.39 Å². The van der Waals surface area contributed by atoms with E-state index >= 15 is 4.39 Å². The van der Waals surface area contributed by atoms with Gasteiger partial charge in [-0.1, -0.05) is 23.9 Å². The highest BCUT2D eigenvalue weighted by Crippen LogP contribution is 2.47. The van der Waals surface area contributed by atoms with Crippen LogP contribution in [-0.2, 0) is 14.3 Å². The number of methoxy groups -OCH3 is 1. The van der Waals surface area contributed by atoms with Crippen molar-refractivity contribution < 1.29 is 28.2 Å². The molecule has 5 rings (SSSR count). The summed E-state index contributed by atoms with van der Waals surface area (Å²) in [7, 11) is 1.35. The number of nitrogens with zero attached hydrogens (tertiary/aromatic N) is 1. The van der Waals surface area contributed by atoms with Crippen LogP contribution in [0.25, 0.3) is 0 Å². The Hall–Kier alpha value is -3.94. The minimum absolute atomic E-state index is 0.0837. The lowest BCUT2D eigenvalue weighted by atomic mass is 10.0. The Morgan fingerprint density at radius 1 is 1.19 bits per heavy atom. The summed E-state index contributed by atoms with van der Waals surface area (Å²) in [5.74, 6) is -0.486. The fraction of sp³-hybridized carbons (Fsp3) is 0.310. The molecule has 2 aromatic carbocycles. The number of carbonyl (C=O) groups excluding carboxylic acids is 3. The average molecular weight is 612 g/mol. The van der Waals surface area contributed by atoms with Gasteiger partial charge in [-0.05, 0) is 43.3 Å². The number of thiophene rings is 1. The zero-order chi connectivity index (χ0) is 30.0.